The van der Waals surface area contributed by atoms with Crippen LogP contribution in [-0.4, -0.2) is 11.0 Å². The van der Waals surface area contributed by atoms with Crippen molar-refractivity contribution in [3.05, 3.63) is 39.4 Å². The third-order valence-electron chi connectivity index (χ3n) is 2.69. The minimum Gasteiger partial charge on any atom is -0.327 e. The third kappa shape index (κ3) is 1.48. The molecule has 2 rings (SSSR count). The van der Waals surface area contributed by atoms with Crippen LogP contribution in [-0.2, 0) is 12.8 Å². The topological polar surface area (TPSA) is 69.2 Å². The molecule has 0 spiro atoms. The Hall–Kier alpha value is -1.42. The van der Waals surface area contributed by atoms with E-state index in [-0.39, 0.29) is 16.7 Å². The number of hydrogen-bond acceptors (Lipinski definition) is 3. The maximum absolute atomic E-state index is 10.7. The second-order valence-electron chi connectivity index (χ2n) is 3.67. The lowest BCUT2D eigenvalue weighted by atomic mass is 9.88. The summed E-state index contributed by atoms with van der Waals surface area (Å²) in [6, 6.07) is 5.39. The van der Waals surface area contributed by atoms with Crippen LogP contribution in [0.4, 0.5) is 5.69 Å². The van der Waals surface area contributed by atoms with Gasteiger partial charge in [-0.15, -0.1) is 0 Å². The standard InChI is InChI=1S/C10H12N2O2/c11-8-4-5-9-7(6-8)2-1-3-10(9)12(13)14/h1-3,8H,4-6,11H2/t8-/m1/s1. The van der Waals surface area contributed by atoms with Gasteiger partial charge in [-0.05, 0) is 24.8 Å². The van der Waals surface area contributed by atoms with Gasteiger partial charge in [-0.1, -0.05) is 12.1 Å². The van der Waals surface area contributed by atoms with E-state index in [4.69, 9.17) is 5.73 Å². The van der Waals surface area contributed by atoms with E-state index in [1.54, 1.807) is 12.1 Å². The van der Waals surface area contributed by atoms with Crippen LogP contribution in [0.5, 0.6) is 0 Å². The normalized spacial score (nSPS) is 20.2. The molecule has 1 atom stereocenters. The SMILES string of the molecule is N[C@@H]1CCc2c(cccc2[N+](=O)[O-])C1. The van der Waals surface area contributed by atoms with Crippen molar-refractivity contribution in [2.24, 2.45) is 5.73 Å². The van der Waals surface area contributed by atoms with Crippen LogP contribution >= 0.6 is 0 Å². The molecule has 0 aliphatic heterocycles. The van der Waals surface area contributed by atoms with E-state index >= 15 is 0 Å². The lowest BCUT2D eigenvalue weighted by Crippen LogP contribution is -2.28. The van der Waals surface area contributed by atoms with E-state index in [1.165, 1.54) is 0 Å². The van der Waals surface area contributed by atoms with Gasteiger partial charge in [0.15, 0.2) is 0 Å². The van der Waals surface area contributed by atoms with E-state index < -0.39 is 0 Å². The van der Waals surface area contributed by atoms with Gasteiger partial charge in [0, 0.05) is 17.7 Å². The molecule has 0 fully saturated rings. The number of nitrogens with zero attached hydrogens (tertiary/aromatic N) is 1. The van der Waals surface area contributed by atoms with Crippen molar-refractivity contribution in [3.63, 3.8) is 0 Å². The van der Waals surface area contributed by atoms with Crippen molar-refractivity contribution < 1.29 is 4.92 Å². The molecule has 4 heteroatoms. The first-order valence-corrected chi connectivity index (χ1v) is 4.69. The second-order valence-corrected chi connectivity index (χ2v) is 3.67. The van der Waals surface area contributed by atoms with Crippen LogP contribution in [0.3, 0.4) is 0 Å². The molecule has 1 aromatic rings. The fourth-order valence-corrected chi connectivity index (χ4v) is 1.99. The van der Waals surface area contributed by atoms with Crippen LogP contribution in [0, 0.1) is 10.1 Å². The van der Waals surface area contributed by atoms with Crippen molar-refractivity contribution >= 4 is 5.69 Å². The largest absolute Gasteiger partial charge is 0.327 e. The molecule has 14 heavy (non-hydrogen) atoms. The molecule has 0 heterocycles. The van der Waals surface area contributed by atoms with Gasteiger partial charge in [0.05, 0.1) is 4.92 Å². The van der Waals surface area contributed by atoms with E-state index in [2.05, 4.69) is 0 Å². The summed E-state index contributed by atoms with van der Waals surface area (Å²) in [6.07, 6.45) is 2.34. The molecular formula is C10H12N2O2. The van der Waals surface area contributed by atoms with E-state index in [1.807, 2.05) is 6.07 Å². The molecule has 0 bridgehead atoms. The number of rotatable bonds is 1. The van der Waals surface area contributed by atoms with Gasteiger partial charge >= 0.3 is 0 Å². The van der Waals surface area contributed by atoms with Crippen molar-refractivity contribution in [1.82, 2.24) is 0 Å². The zero-order valence-corrected chi connectivity index (χ0v) is 7.77. The Labute approximate surface area is 81.9 Å². The van der Waals surface area contributed by atoms with Crippen molar-refractivity contribution in [2.45, 2.75) is 25.3 Å². The summed E-state index contributed by atoms with van der Waals surface area (Å²) in [5.74, 6) is 0. The summed E-state index contributed by atoms with van der Waals surface area (Å²) in [6.45, 7) is 0. The van der Waals surface area contributed by atoms with Crippen LogP contribution in [0.1, 0.15) is 17.5 Å². The molecule has 0 aromatic heterocycles. The average molecular weight is 192 g/mol. The van der Waals surface area contributed by atoms with Crippen molar-refractivity contribution in [1.29, 1.82) is 0 Å². The van der Waals surface area contributed by atoms with Gasteiger partial charge in [-0.25, -0.2) is 0 Å². The predicted molar refractivity (Wildman–Crippen MR) is 53.1 cm³/mol. The quantitative estimate of drug-likeness (QED) is 0.540. The summed E-state index contributed by atoms with van der Waals surface area (Å²) >= 11 is 0. The molecular weight excluding hydrogens is 180 g/mol. The zero-order valence-electron chi connectivity index (χ0n) is 7.77. The molecule has 0 unspecified atom stereocenters. The van der Waals surface area contributed by atoms with Crippen molar-refractivity contribution in [3.8, 4) is 0 Å². The Kier molecular flexibility index (Phi) is 2.21. The van der Waals surface area contributed by atoms with Gasteiger partial charge < -0.3 is 5.73 Å². The number of hydrogen-bond donors (Lipinski definition) is 1. The molecule has 4 nitrogen and oxygen atoms in total. The molecule has 2 N–H and O–H groups in total. The van der Waals surface area contributed by atoms with Crippen LogP contribution < -0.4 is 5.73 Å². The Morgan fingerprint density at radius 1 is 1.50 bits per heavy atom. The van der Waals surface area contributed by atoms with Gasteiger partial charge in [0.1, 0.15) is 0 Å². The summed E-state index contributed by atoms with van der Waals surface area (Å²) in [7, 11) is 0. The third-order valence-corrected chi connectivity index (χ3v) is 2.69. The van der Waals surface area contributed by atoms with Crippen LogP contribution in [0.25, 0.3) is 0 Å². The second kappa shape index (κ2) is 3.38. The fraction of sp³-hybridized carbons (Fsp3) is 0.400. The summed E-state index contributed by atoms with van der Waals surface area (Å²) < 4.78 is 0. The Balaban J connectivity index is 2.46. The Bertz CT molecular complexity index is 376. The summed E-state index contributed by atoms with van der Waals surface area (Å²) in [4.78, 5) is 10.4. The number of benzene rings is 1. The molecule has 74 valence electrons. The average Bonchev–Trinajstić information content (AvgIpc) is 2.16. The zero-order chi connectivity index (χ0) is 10.1. The lowest BCUT2D eigenvalue weighted by molar-refractivity contribution is -0.385. The smallest absolute Gasteiger partial charge is 0.272 e. The highest BCUT2D eigenvalue weighted by atomic mass is 16.6. The Morgan fingerprint density at radius 2 is 2.29 bits per heavy atom. The van der Waals surface area contributed by atoms with Crippen LogP contribution in [0.15, 0.2) is 18.2 Å². The number of nitro groups is 1. The van der Waals surface area contributed by atoms with E-state index in [0.29, 0.717) is 0 Å². The maximum atomic E-state index is 10.7. The summed E-state index contributed by atoms with van der Waals surface area (Å²) in [5.41, 5.74) is 7.96. The first-order chi connectivity index (χ1) is 6.68. The fourth-order valence-electron chi connectivity index (χ4n) is 1.99. The molecule has 1 aliphatic carbocycles. The highest BCUT2D eigenvalue weighted by molar-refractivity contribution is 5.47. The molecule has 1 aromatic carbocycles. The molecule has 0 amide bonds. The van der Waals surface area contributed by atoms with Gasteiger partial charge in [-0.2, -0.15) is 0 Å². The molecule has 1 aliphatic rings. The minimum atomic E-state index is -0.310. The van der Waals surface area contributed by atoms with E-state index in [0.717, 1.165) is 30.4 Å². The number of fused-ring (bicyclic) bond motifs is 1. The molecule has 0 saturated heterocycles. The monoisotopic (exact) mass is 192 g/mol. The predicted octanol–water partition coefficient (Wildman–Crippen LogP) is 1.41. The van der Waals surface area contributed by atoms with Crippen molar-refractivity contribution in [2.75, 3.05) is 0 Å². The first-order valence-electron chi connectivity index (χ1n) is 4.69. The maximum Gasteiger partial charge on any atom is 0.272 e. The number of nitrogens with two attached hydrogens (primary N) is 1. The molecule has 0 radical (unpaired) electrons. The van der Waals surface area contributed by atoms with E-state index in [9.17, 15) is 10.1 Å². The van der Waals surface area contributed by atoms with Gasteiger partial charge in [-0.3, -0.25) is 10.1 Å². The molecule has 0 saturated carbocycles. The lowest BCUT2D eigenvalue weighted by Gasteiger charge is -2.20. The summed E-state index contributed by atoms with van der Waals surface area (Å²) in [5, 5.41) is 10.7. The highest BCUT2D eigenvalue weighted by Crippen LogP contribution is 2.28. The van der Waals surface area contributed by atoms with Gasteiger partial charge in [0.25, 0.3) is 5.69 Å². The van der Waals surface area contributed by atoms with Crippen LogP contribution in [0.2, 0.25) is 0 Å². The van der Waals surface area contributed by atoms with Gasteiger partial charge in [0.2, 0.25) is 0 Å². The number of nitro benzene ring substituents is 1. The highest BCUT2D eigenvalue weighted by Gasteiger charge is 2.22. The first kappa shape index (κ1) is 9.15. The Morgan fingerprint density at radius 3 is 3.00 bits per heavy atom. The minimum absolute atomic E-state index is 0.157.